The molecule has 0 aromatic heterocycles. The first-order valence-corrected chi connectivity index (χ1v) is 8.63. The predicted molar refractivity (Wildman–Crippen MR) is 97.4 cm³/mol. The van der Waals surface area contributed by atoms with E-state index >= 15 is 0 Å². The molecule has 0 aliphatic carbocycles. The fraction of sp³-hybridized carbons (Fsp3) is 0.381. The van der Waals surface area contributed by atoms with Crippen molar-refractivity contribution in [3.05, 3.63) is 60.2 Å². The van der Waals surface area contributed by atoms with E-state index in [4.69, 9.17) is 4.74 Å². The third-order valence-corrected chi connectivity index (χ3v) is 4.91. The van der Waals surface area contributed by atoms with Gasteiger partial charge in [-0.3, -0.25) is 4.79 Å². The summed E-state index contributed by atoms with van der Waals surface area (Å²) in [6.45, 7) is 4.28. The Morgan fingerprint density at radius 3 is 2.29 bits per heavy atom. The monoisotopic (exact) mass is 323 g/mol. The molecule has 0 N–H and O–H groups in total. The van der Waals surface area contributed by atoms with Gasteiger partial charge in [0.2, 0.25) is 5.91 Å². The van der Waals surface area contributed by atoms with Crippen LogP contribution in [0.15, 0.2) is 54.6 Å². The zero-order chi connectivity index (χ0) is 17.1. The van der Waals surface area contributed by atoms with Crippen LogP contribution >= 0.6 is 0 Å². The normalized spacial score (nSPS) is 20.2. The van der Waals surface area contributed by atoms with Gasteiger partial charge in [-0.2, -0.15) is 0 Å². The molecule has 3 rings (SSSR count). The molecule has 1 fully saturated rings. The second kappa shape index (κ2) is 7.08. The van der Waals surface area contributed by atoms with Gasteiger partial charge < -0.3 is 9.64 Å². The molecule has 0 bridgehead atoms. The number of hydrogen-bond donors (Lipinski definition) is 0. The van der Waals surface area contributed by atoms with E-state index in [1.54, 1.807) is 7.11 Å². The van der Waals surface area contributed by atoms with Crippen LogP contribution in [-0.2, 0) is 11.2 Å². The quantitative estimate of drug-likeness (QED) is 0.741. The van der Waals surface area contributed by atoms with Crippen LogP contribution in [0.4, 0.5) is 5.69 Å². The number of carbonyl (C=O) groups excluding carboxylic acids is 1. The summed E-state index contributed by atoms with van der Waals surface area (Å²) in [6.07, 6.45) is 1.99. The summed E-state index contributed by atoms with van der Waals surface area (Å²) in [5.41, 5.74) is 2.30. The van der Waals surface area contributed by atoms with Crippen LogP contribution in [0.5, 0.6) is 5.75 Å². The molecule has 2 atom stereocenters. The maximum Gasteiger partial charge on any atom is 0.232 e. The highest BCUT2D eigenvalue weighted by Crippen LogP contribution is 2.39. The van der Waals surface area contributed by atoms with Crippen LogP contribution in [0.3, 0.4) is 0 Å². The summed E-state index contributed by atoms with van der Waals surface area (Å²) in [5.74, 6) is 1.55. The van der Waals surface area contributed by atoms with E-state index in [0.717, 1.165) is 24.3 Å². The molecule has 126 valence electrons. The number of benzene rings is 2. The largest absolute Gasteiger partial charge is 0.497 e. The molecule has 0 saturated carbocycles. The van der Waals surface area contributed by atoms with Crippen molar-refractivity contribution in [3.8, 4) is 5.75 Å². The zero-order valence-electron chi connectivity index (χ0n) is 14.6. The molecule has 1 heterocycles. The lowest BCUT2D eigenvalue weighted by Crippen LogP contribution is -2.63. The van der Waals surface area contributed by atoms with Gasteiger partial charge in [0.05, 0.1) is 13.0 Å². The summed E-state index contributed by atoms with van der Waals surface area (Å²) in [6, 6.07) is 18.5. The first-order valence-electron chi connectivity index (χ1n) is 8.63. The van der Waals surface area contributed by atoms with Crippen molar-refractivity contribution in [2.75, 3.05) is 12.0 Å². The number of aryl methyl sites for hydroxylation is 1. The molecule has 0 radical (unpaired) electrons. The van der Waals surface area contributed by atoms with Crippen LogP contribution in [0, 0.1) is 11.8 Å². The first kappa shape index (κ1) is 16.6. The van der Waals surface area contributed by atoms with Crippen molar-refractivity contribution < 1.29 is 9.53 Å². The van der Waals surface area contributed by atoms with Gasteiger partial charge in [-0.1, -0.05) is 44.2 Å². The smallest absolute Gasteiger partial charge is 0.232 e. The van der Waals surface area contributed by atoms with E-state index in [0.29, 0.717) is 5.92 Å². The topological polar surface area (TPSA) is 29.5 Å². The molecule has 2 unspecified atom stereocenters. The van der Waals surface area contributed by atoms with Gasteiger partial charge in [0.25, 0.3) is 0 Å². The number of amides is 1. The van der Waals surface area contributed by atoms with E-state index in [-0.39, 0.29) is 17.9 Å². The Hall–Kier alpha value is -2.29. The van der Waals surface area contributed by atoms with Crippen LogP contribution in [0.1, 0.15) is 25.8 Å². The Bertz CT molecular complexity index is 679. The summed E-state index contributed by atoms with van der Waals surface area (Å²) in [5, 5.41) is 0. The number of anilines is 1. The lowest BCUT2D eigenvalue weighted by atomic mass is 9.76. The molecular weight excluding hydrogens is 298 g/mol. The average Bonchev–Trinajstić information content (AvgIpc) is 2.59. The molecule has 24 heavy (non-hydrogen) atoms. The SMILES string of the molecule is COc1ccc(N2C(=O)C(C(C)C)C2CCc2ccccc2)cc1. The molecule has 0 spiro atoms. The van der Waals surface area contributed by atoms with Crippen molar-refractivity contribution in [1.29, 1.82) is 0 Å². The maximum atomic E-state index is 12.7. The third kappa shape index (κ3) is 3.16. The summed E-state index contributed by atoms with van der Waals surface area (Å²) in [4.78, 5) is 14.6. The van der Waals surface area contributed by atoms with E-state index in [1.807, 2.05) is 35.2 Å². The highest BCUT2D eigenvalue weighted by atomic mass is 16.5. The number of nitrogens with zero attached hydrogens (tertiary/aromatic N) is 1. The van der Waals surface area contributed by atoms with Gasteiger partial charge in [0.15, 0.2) is 0 Å². The highest BCUT2D eigenvalue weighted by molar-refractivity contribution is 6.03. The van der Waals surface area contributed by atoms with Gasteiger partial charge in [-0.25, -0.2) is 0 Å². The summed E-state index contributed by atoms with van der Waals surface area (Å²) < 4.78 is 5.22. The minimum absolute atomic E-state index is 0.121. The van der Waals surface area contributed by atoms with Gasteiger partial charge in [0.1, 0.15) is 5.75 Å². The number of β-lactam (4-membered cyclic amide) rings is 1. The second-order valence-electron chi connectivity index (χ2n) is 6.77. The Labute approximate surface area is 144 Å². The Balaban J connectivity index is 1.77. The lowest BCUT2D eigenvalue weighted by molar-refractivity contribution is -0.132. The highest BCUT2D eigenvalue weighted by Gasteiger charge is 2.48. The van der Waals surface area contributed by atoms with Crippen molar-refractivity contribution >= 4 is 11.6 Å². The van der Waals surface area contributed by atoms with Crippen LogP contribution in [0.2, 0.25) is 0 Å². The third-order valence-electron chi connectivity index (χ3n) is 4.91. The molecule has 2 aromatic rings. The zero-order valence-corrected chi connectivity index (χ0v) is 14.6. The van der Waals surface area contributed by atoms with Crippen LogP contribution in [-0.4, -0.2) is 19.1 Å². The van der Waals surface area contributed by atoms with Crippen molar-refractivity contribution in [2.45, 2.75) is 32.7 Å². The number of carbonyl (C=O) groups is 1. The van der Waals surface area contributed by atoms with E-state index in [1.165, 1.54) is 5.56 Å². The van der Waals surface area contributed by atoms with Crippen molar-refractivity contribution in [1.82, 2.24) is 0 Å². The fourth-order valence-corrected chi connectivity index (χ4v) is 3.63. The van der Waals surface area contributed by atoms with Crippen molar-refractivity contribution in [2.24, 2.45) is 11.8 Å². The Kier molecular flexibility index (Phi) is 4.89. The van der Waals surface area contributed by atoms with Gasteiger partial charge in [0, 0.05) is 11.7 Å². The molecule has 1 amide bonds. The van der Waals surface area contributed by atoms with Gasteiger partial charge in [-0.15, -0.1) is 0 Å². The number of hydrogen-bond acceptors (Lipinski definition) is 2. The lowest BCUT2D eigenvalue weighted by Gasteiger charge is -2.49. The maximum absolute atomic E-state index is 12.7. The number of methoxy groups -OCH3 is 1. The van der Waals surface area contributed by atoms with Crippen LogP contribution < -0.4 is 9.64 Å². The second-order valence-corrected chi connectivity index (χ2v) is 6.77. The predicted octanol–water partition coefficient (Wildman–Crippen LogP) is 4.32. The summed E-state index contributed by atoms with van der Waals surface area (Å²) in [7, 11) is 1.65. The molecule has 1 aliphatic rings. The Morgan fingerprint density at radius 1 is 1.04 bits per heavy atom. The molecule has 3 heteroatoms. The van der Waals surface area contributed by atoms with Gasteiger partial charge >= 0.3 is 0 Å². The fourth-order valence-electron chi connectivity index (χ4n) is 3.63. The van der Waals surface area contributed by atoms with E-state index in [2.05, 4.69) is 38.1 Å². The molecule has 2 aromatic carbocycles. The molecule has 1 aliphatic heterocycles. The van der Waals surface area contributed by atoms with E-state index < -0.39 is 0 Å². The van der Waals surface area contributed by atoms with E-state index in [9.17, 15) is 4.79 Å². The first-order chi connectivity index (χ1) is 11.6. The molecule has 1 saturated heterocycles. The summed E-state index contributed by atoms with van der Waals surface area (Å²) >= 11 is 0. The standard InChI is InChI=1S/C21H25NO2/c1-15(2)20-19(14-9-16-7-5-4-6-8-16)22(21(20)23)17-10-12-18(24-3)13-11-17/h4-8,10-13,15,19-20H,9,14H2,1-3H3. The number of rotatable bonds is 6. The number of ether oxygens (including phenoxy) is 1. The van der Waals surface area contributed by atoms with Gasteiger partial charge in [-0.05, 0) is 48.6 Å². The Morgan fingerprint density at radius 2 is 1.71 bits per heavy atom. The average molecular weight is 323 g/mol. The van der Waals surface area contributed by atoms with Crippen LogP contribution in [0.25, 0.3) is 0 Å². The molecule has 3 nitrogen and oxygen atoms in total. The minimum Gasteiger partial charge on any atom is -0.497 e. The minimum atomic E-state index is 0.121. The van der Waals surface area contributed by atoms with Crippen molar-refractivity contribution in [3.63, 3.8) is 0 Å². The molecular formula is C21H25NO2.